The van der Waals surface area contributed by atoms with Crippen molar-refractivity contribution in [1.29, 1.82) is 0 Å². The molecule has 1 aliphatic rings. The molecule has 1 amide bonds. The van der Waals surface area contributed by atoms with Crippen molar-refractivity contribution in [1.82, 2.24) is 5.32 Å². The fourth-order valence-electron chi connectivity index (χ4n) is 0.830. The average molecular weight is 146 g/mol. The van der Waals surface area contributed by atoms with Gasteiger partial charge in [-0.3, -0.25) is 4.79 Å². The van der Waals surface area contributed by atoms with Crippen LogP contribution in [0.5, 0.6) is 0 Å². The minimum atomic E-state index is 0.153. The number of hydrogen-bond donors (Lipinski definition) is 2. The SMILES string of the molecule is NC1CSC[C@@H]1NC=O. The van der Waals surface area contributed by atoms with Crippen molar-refractivity contribution in [2.24, 2.45) is 5.73 Å². The van der Waals surface area contributed by atoms with Crippen LogP contribution in [0.3, 0.4) is 0 Å². The van der Waals surface area contributed by atoms with Crippen molar-refractivity contribution in [2.45, 2.75) is 12.1 Å². The summed E-state index contributed by atoms with van der Waals surface area (Å²) >= 11 is 1.78. The Morgan fingerprint density at radius 2 is 2.44 bits per heavy atom. The van der Waals surface area contributed by atoms with E-state index in [2.05, 4.69) is 5.32 Å². The quantitative estimate of drug-likeness (QED) is 0.500. The summed E-state index contributed by atoms with van der Waals surface area (Å²) in [5, 5.41) is 2.67. The number of nitrogens with one attached hydrogen (secondary N) is 1. The van der Waals surface area contributed by atoms with Crippen LogP contribution < -0.4 is 11.1 Å². The van der Waals surface area contributed by atoms with E-state index in [0.717, 1.165) is 17.9 Å². The maximum atomic E-state index is 9.93. The molecule has 0 saturated carbocycles. The van der Waals surface area contributed by atoms with Crippen LogP contribution in [0, 0.1) is 0 Å². The van der Waals surface area contributed by atoms with Crippen molar-refractivity contribution in [3.8, 4) is 0 Å². The molecule has 1 fully saturated rings. The monoisotopic (exact) mass is 146 g/mol. The molecule has 0 aromatic carbocycles. The van der Waals surface area contributed by atoms with E-state index in [4.69, 9.17) is 5.73 Å². The lowest BCUT2D eigenvalue weighted by Gasteiger charge is -2.11. The van der Waals surface area contributed by atoms with Crippen molar-refractivity contribution in [3.05, 3.63) is 0 Å². The standard InChI is InChI=1S/C5H10N2OS/c6-4-1-9-2-5(4)7-3-8/h3-5H,1-2,6H2,(H,7,8)/t4?,5-/m0/s1. The smallest absolute Gasteiger partial charge is 0.207 e. The summed E-state index contributed by atoms with van der Waals surface area (Å²) in [6.07, 6.45) is 0.719. The third-order valence-electron chi connectivity index (χ3n) is 1.41. The topological polar surface area (TPSA) is 55.1 Å². The summed E-state index contributed by atoms with van der Waals surface area (Å²) in [6.45, 7) is 0. The molecule has 0 bridgehead atoms. The first-order chi connectivity index (χ1) is 4.34. The Kier molecular flexibility index (Phi) is 2.36. The fourth-order valence-corrected chi connectivity index (χ4v) is 2.07. The van der Waals surface area contributed by atoms with Crippen LogP contribution in [0.1, 0.15) is 0 Å². The second-order valence-corrected chi connectivity index (χ2v) is 3.17. The molecular weight excluding hydrogens is 136 g/mol. The summed E-state index contributed by atoms with van der Waals surface area (Å²) in [5.74, 6) is 1.92. The third kappa shape index (κ3) is 1.59. The molecule has 0 aliphatic carbocycles. The second kappa shape index (κ2) is 3.08. The number of carbonyl (C=O) groups excluding carboxylic acids is 1. The molecule has 0 radical (unpaired) electrons. The number of hydrogen-bond acceptors (Lipinski definition) is 3. The maximum Gasteiger partial charge on any atom is 0.207 e. The molecule has 1 heterocycles. The zero-order chi connectivity index (χ0) is 6.69. The molecule has 52 valence electrons. The first-order valence-electron chi connectivity index (χ1n) is 2.87. The van der Waals surface area contributed by atoms with Gasteiger partial charge in [-0.1, -0.05) is 0 Å². The highest BCUT2D eigenvalue weighted by molar-refractivity contribution is 7.99. The van der Waals surface area contributed by atoms with Gasteiger partial charge in [0.15, 0.2) is 0 Å². The Morgan fingerprint density at radius 1 is 1.67 bits per heavy atom. The zero-order valence-corrected chi connectivity index (χ0v) is 5.86. The molecule has 1 saturated heterocycles. The highest BCUT2D eigenvalue weighted by atomic mass is 32.2. The highest BCUT2D eigenvalue weighted by Gasteiger charge is 2.22. The Labute approximate surface area is 58.4 Å². The number of rotatable bonds is 2. The van der Waals surface area contributed by atoms with E-state index < -0.39 is 0 Å². The van der Waals surface area contributed by atoms with E-state index in [1.54, 1.807) is 11.8 Å². The molecule has 0 spiro atoms. The van der Waals surface area contributed by atoms with E-state index >= 15 is 0 Å². The molecule has 3 nitrogen and oxygen atoms in total. The van der Waals surface area contributed by atoms with Gasteiger partial charge in [-0.15, -0.1) is 0 Å². The van der Waals surface area contributed by atoms with Crippen molar-refractivity contribution in [3.63, 3.8) is 0 Å². The summed E-state index contributed by atoms with van der Waals surface area (Å²) < 4.78 is 0. The van der Waals surface area contributed by atoms with Crippen molar-refractivity contribution >= 4 is 18.2 Å². The lowest BCUT2D eigenvalue weighted by Crippen LogP contribution is -2.43. The molecule has 1 unspecified atom stereocenters. The Hall–Kier alpha value is -0.220. The Morgan fingerprint density at radius 3 is 2.89 bits per heavy atom. The van der Waals surface area contributed by atoms with E-state index in [1.165, 1.54) is 0 Å². The van der Waals surface area contributed by atoms with Gasteiger partial charge < -0.3 is 11.1 Å². The van der Waals surface area contributed by atoms with Crippen LogP contribution in [0.2, 0.25) is 0 Å². The molecular formula is C5H10N2OS. The molecule has 1 aliphatic heterocycles. The number of amides is 1. The minimum Gasteiger partial charge on any atom is -0.354 e. The predicted octanol–water partition coefficient (Wildman–Crippen LogP) is -0.825. The molecule has 2 atom stereocenters. The highest BCUT2D eigenvalue weighted by Crippen LogP contribution is 2.15. The lowest BCUT2D eigenvalue weighted by molar-refractivity contribution is -0.110. The van der Waals surface area contributed by atoms with E-state index in [-0.39, 0.29) is 12.1 Å². The van der Waals surface area contributed by atoms with Crippen LogP contribution in [-0.4, -0.2) is 30.0 Å². The number of carbonyl (C=O) groups is 1. The maximum absolute atomic E-state index is 9.93. The van der Waals surface area contributed by atoms with E-state index in [9.17, 15) is 4.79 Å². The van der Waals surface area contributed by atoms with Gasteiger partial charge in [0.1, 0.15) is 0 Å². The molecule has 4 heteroatoms. The summed E-state index contributed by atoms with van der Waals surface area (Å²) in [5.41, 5.74) is 5.62. The van der Waals surface area contributed by atoms with E-state index in [1.807, 2.05) is 0 Å². The van der Waals surface area contributed by atoms with E-state index in [0.29, 0.717) is 0 Å². The molecule has 1 rings (SSSR count). The van der Waals surface area contributed by atoms with Crippen molar-refractivity contribution in [2.75, 3.05) is 11.5 Å². The van der Waals surface area contributed by atoms with Gasteiger partial charge >= 0.3 is 0 Å². The predicted molar refractivity (Wildman–Crippen MR) is 38.3 cm³/mol. The molecule has 9 heavy (non-hydrogen) atoms. The number of thioether (sulfide) groups is 1. The van der Waals surface area contributed by atoms with Crippen LogP contribution in [0.15, 0.2) is 0 Å². The second-order valence-electron chi connectivity index (χ2n) is 2.09. The molecule has 0 aromatic rings. The number of nitrogens with two attached hydrogens (primary N) is 1. The Balaban J connectivity index is 2.30. The Bertz CT molecular complexity index is 109. The van der Waals surface area contributed by atoms with Crippen LogP contribution in [0.25, 0.3) is 0 Å². The van der Waals surface area contributed by atoms with Gasteiger partial charge in [0.2, 0.25) is 6.41 Å². The van der Waals surface area contributed by atoms with Crippen LogP contribution >= 0.6 is 11.8 Å². The van der Waals surface area contributed by atoms with Crippen molar-refractivity contribution < 1.29 is 4.79 Å². The van der Waals surface area contributed by atoms with Gasteiger partial charge in [0.05, 0.1) is 6.04 Å². The summed E-state index contributed by atoms with van der Waals surface area (Å²) in [4.78, 5) is 9.93. The van der Waals surface area contributed by atoms with Gasteiger partial charge in [-0.05, 0) is 0 Å². The minimum absolute atomic E-state index is 0.153. The average Bonchev–Trinajstić information content (AvgIpc) is 2.18. The van der Waals surface area contributed by atoms with Gasteiger partial charge in [-0.25, -0.2) is 0 Å². The lowest BCUT2D eigenvalue weighted by atomic mass is 10.2. The third-order valence-corrected chi connectivity index (χ3v) is 2.62. The van der Waals surface area contributed by atoms with Gasteiger partial charge in [0.25, 0.3) is 0 Å². The molecule has 3 N–H and O–H groups in total. The van der Waals surface area contributed by atoms with Crippen LogP contribution in [0.4, 0.5) is 0 Å². The van der Waals surface area contributed by atoms with Gasteiger partial charge in [-0.2, -0.15) is 11.8 Å². The fraction of sp³-hybridized carbons (Fsp3) is 0.800. The largest absolute Gasteiger partial charge is 0.354 e. The first-order valence-corrected chi connectivity index (χ1v) is 4.03. The normalized spacial score (nSPS) is 34.3. The summed E-state index contributed by atoms with van der Waals surface area (Å²) in [7, 11) is 0. The van der Waals surface area contributed by atoms with Crippen LogP contribution in [-0.2, 0) is 4.79 Å². The van der Waals surface area contributed by atoms with Gasteiger partial charge in [0, 0.05) is 17.5 Å². The summed E-state index contributed by atoms with van der Waals surface area (Å²) in [6, 6.07) is 0.354. The molecule has 0 aromatic heterocycles. The first kappa shape index (κ1) is 6.89. The zero-order valence-electron chi connectivity index (χ0n) is 5.04.